The van der Waals surface area contributed by atoms with Crippen molar-refractivity contribution >= 4 is 11.9 Å². The van der Waals surface area contributed by atoms with Gasteiger partial charge in [0.15, 0.2) is 0 Å². The lowest BCUT2D eigenvalue weighted by Gasteiger charge is -2.34. The van der Waals surface area contributed by atoms with Gasteiger partial charge < -0.3 is 14.2 Å². The van der Waals surface area contributed by atoms with E-state index < -0.39 is 23.1 Å². The van der Waals surface area contributed by atoms with Gasteiger partial charge in [0.05, 0.1) is 12.2 Å². The van der Waals surface area contributed by atoms with Crippen LogP contribution in [0.2, 0.25) is 0 Å². The third-order valence-electron chi connectivity index (χ3n) is 3.42. The van der Waals surface area contributed by atoms with Crippen LogP contribution in [0.4, 0.5) is 0 Å². The smallest absolute Gasteiger partial charge is 0.330 e. The molecule has 0 aliphatic heterocycles. The minimum absolute atomic E-state index is 0.115. The van der Waals surface area contributed by atoms with E-state index in [1.165, 1.54) is 0 Å². The maximum absolute atomic E-state index is 11.4. The highest BCUT2D eigenvalue weighted by molar-refractivity contribution is 5.81. The minimum atomic E-state index is -0.746. The van der Waals surface area contributed by atoms with Crippen LogP contribution in [0.25, 0.3) is 0 Å². The highest BCUT2D eigenvalue weighted by Crippen LogP contribution is 2.23. The first-order valence-electron chi connectivity index (χ1n) is 7.02. The van der Waals surface area contributed by atoms with Crippen molar-refractivity contribution in [1.29, 1.82) is 0 Å². The second-order valence-corrected chi connectivity index (χ2v) is 5.33. The number of carbonyl (C=O) groups is 2. The van der Waals surface area contributed by atoms with Crippen molar-refractivity contribution in [3.63, 3.8) is 0 Å². The van der Waals surface area contributed by atoms with E-state index in [1.807, 2.05) is 20.8 Å². The molecule has 2 unspecified atom stereocenters. The molecule has 0 N–H and O–H groups in total. The van der Waals surface area contributed by atoms with Gasteiger partial charge in [-0.2, -0.15) is 0 Å². The van der Waals surface area contributed by atoms with Crippen LogP contribution < -0.4 is 0 Å². The van der Waals surface area contributed by atoms with Gasteiger partial charge in [-0.15, -0.1) is 0 Å². The monoisotopic (exact) mass is 298 g/mol. The fraction of sp³-hybridized carbons (Fsp3) is 0.625. The molecule has 0 aromatic rings. The van der Waals surface area contributed by atoms with Crippen LogP contribution in [-0.4, -0.2) is 36.4 Å². The number of esters is 2. The van der Waals surface area contributed by atoms with Crippen molar-refractivity contribution in [3.05, 3.63) is 25.3 Å². The van der Waals surface area contributed by atoms with Gasteiger partial charge in [-0.25, -0.2) is 9.59 Å². The van der Waals surface area contributed by atoms with Crippen molar-refractivity contribution in [2.45, 2.75) is 51.7 Å². The lowest BCUT2D eigenvalue weighted by Crippen LogP contribution is -2.43. The summed E-state index contributed by atoms with van der Waals surface area (Å²) in [6.45, 7) is 14.5. The van der Waals surface area contributed by atoms with Gasteiger partial charge in [0.25, 0.3) is 0 Å². The third kappa shape index (κ3) is 7.09. The zero-order valence-electron chi connectivity index (χ0n) is 13.4. The number of hydrogen-bond donors (Lipinski definition) is 0. The SMILES string of the molecule is C=CC(=O)OCC(C)(CC)OCC(C)(CC)OC(=O)C=C. The van der Waals surface area contributed by atoms with Crippen LogP contribution >= 0.6 is 0 Å². The van der Waals surface area contributed by atoms with Crippen molar-refractivity contribution in [2.75, 3.05) is 13.2 Å². The summed E-state index contributed by atoms with van der Waals surface area (Å²) in [5.74, 6) is -0.978. The normalized spacial score (nSPS) is 16.2. The van der Waals surface area contributed by atoms with Crippen LogP contribution in [0.5, 0.6) is 0 Å². The van der Waals surface area contributed by atoms with Crippen LogP contribution in [0, 0.1) is 0 Å². The molecule has 0 amide bonds. The molecule has 0 rings (SSSR count). The molecule has 0 bridgehead atoms. The van der Waals surface area contributed by atoms with Gasteiger partial charge in [-0.05, 0) is 26.7 Å². The molecule has 0 fully saturated rings. The molecule has 21 heavy (non-hydrogen) atoms. The van der Waals surface area contributed by atoms with Gasteiger partial charge in [0, 0.05) is 12.2 Å². The topological polar surface area (TPSA) is 61.8 Å². The van der Waals surface area contributed by atoms with Crippen molar-refractivity contribution in [1.82, 2.24) is 0 Å². The molecule has 0 aromatic carbocycles. The lowest BCUT2D eigenvalue weighted by molar-refractivity contribution is -0.175. The molecule has 0 heterocycles. The van der Waals surface area contributed by atoms with Gasteiger partial charge in [0.1, 0.15) is 12.2 Å². The summed E-state index contributed by atoms with van der Waals surface area (Å²) in [5, 5.41) is 0. The van der Waals surface area contributed by atoms with E-state index >= 15 is 0 Å². The van der Waals surface area contributed by atoms with Gasteiger partial charge in [0.2, 0.25) is 0 Å². The first-order valence-corrected chi connectivity index (χ1v) is 7.02. The Balaban J connectivity index is 4.65. The Kier molecular flexibility index (Phi) is 7.95. The molecule has 0 spiro atoms. The number of rotatable bonds is 10. The third-order valence-corrected chi connectivity index (χ3v) is 3.42. The van der Waals surface area contributed by atoms with Gasteiger partial charge in [-0.3, -0.25) is 0 Å². The van der Waals surface area contributed by atoms with E-state index in [0.717, 1.165) is 12.2 Å². The number of carbonyl (C=O) groups excluding carboxylic acids is 2. The largest absolute Gasteiger partial charge is 0.459 e. The summed E-state index contributed by atoms with van der Waals surface area (Å²) < 4.78 is 16.2. The van der Waals surface area contributed by atoms with Crippen molar-refractivity contribution in [3.8, 4) is 0 Å². The summed E-state index contributed by atoms with van der Waals surface area (Å²) in [5.41, 5.74) is -1.39. The standard InChI is InChI=1S/C16H26O5/c1-7-13(17)19-11-15(5,9-3)20-12-16(6,10-4)21-14(18)8-2/h7-8H,1-2,9-12H2,3-6H3. The molecule has 120 valence electrons. The zero-order valence-corrected chi connectivity index (χ0v) is 13.4. The van der Waals surface area contributed by atoms with Crippen LogP contribution in [0.1, 0.15) is 40.5 Å². The zero-order chi connectivity index (χ0) is 16.5. The fourth-order valence-corrected chi connectivity index (χ4v) is 1.34. The highest BCUT2D eigenvalue weighted by atomic mass is 16.6. The molecule has 0 saturated heterocycles. The molecule has 0 radical (unpaired) electrons. The molecule has 0 aliphatic rings. The summed E-state index contributed by atoms with van der Waals surface area (Å²) in [4.78, 5) is 22.5. The average Bonchev–Trinajstić information content (AvgIpc) is 2.50. The Labute approximate surface area is 126 Å². The molecular formula is C16H26O5. The summed E-state index contributed by atoms with van der Waals surface area (Å²) in [6.07, 6.45) is 3.47. The Morgan fingerprint density at radius 2 is 1.48 bits per heavy atom. The van der Waals surface area contributed by atoms with E-state index in [4.69, 9.17) is 14.2 Å². The average molecular weight is 298 g/mol. The molecule has 0 aromatic heterocycles. The maximum atomic E-state index is 11.4. The molecule has 0 saturated carbocycles. The maximum Gasteiger partial charge on any atom is 0.330 e. The van der Waals surface area contributed by atoms with E-state index in [1.54, 1.807) is 6.92 Å². The summed E-state index contributed by atoms with van der Waals surface area (Å²) >= 11 is 0. The Hall–Kier alpha value is -1.62. The molecular weight excluding hydrogens is 272 g/mol. The Bertz CT molecular complexity index is 390. The first-order chi connectivity index (χ1) is 9.74. The van der Waals surface area contributed by atoms with E-state index in [9.17, 15) is 9.59 Å². The van der Waals surface area contributed by atoms with Crippen LogP contribution in [-0.2, 0) is 23.8 Å². The predicted molar refractivity (Wildman–Crippen MR) is 80.8 cm³/mol. The van der Waals surface area contributed by atoms with Crippen molar-refractivity contribution in [2.24, 2.45) is 0 Å². The summed E-state index contributed by atoms with van der Waals surface area (Å²) in [6, 6.07) is 0. The Morgan fingerprint density at radius 1 is 0.952 bits per heavy atom. The number of hydrogen-bond acceptors (Lipinski definition) is 5. The van der Waals surface area contributed by atoms with E-state index in [-0.39, 0.29) is 13.2 Å². The van der Waals surface area contributed by atoms with E-state index in [0.29, 0.717) is 12.8 Å². The Morgan fingerprint density at radius 3 is 1.90 bits per heavy atom. The fourth-order valence-electron chi connectivity index (χ4n) is 1.34. The predicted octanol–water partition coefficient (Wildman–Crippen LogP) is 2.80. The van der Waals surface area contributed by atoms with Gasteiger partial charge >= 0.3 is 11.9 Å². The quantitative estimate of drug-likeness (QED) is 0.458. The van der Waals surface area contributed by atoms with Gasteiger partial charge in [-0.1, -0.05) is 27.0 Å². The van der Waals surface area contributed by atoms with Crippen LogP contribution in [0.15, 0.2) is 25.3 Å². The number of ether oxygens (including phenoxy) is 3. The minimum Gasteiger partial charge on any atom is -0.459 e. The lowest BCUT2D eigenvalue weighted by atomic mass is 10.0. The van der Waals surface area contributed by atoms with E-state index in [2.05, 4.69) is 13.2 Å². The first kappa shape index (κ1) is 19.4. The molecule has 5 nitrogen and oxygen atoms in total. The second kappa shape index (κ2) is 8.62. The van der Waals surface area contributed by atoms with Crippen molar-refractivity contribution < 1.29 is 23.8 Å². The second-order valence-electron chi connectivity index (χ2n) is 5.33. The molecule has 2 atom stereocenters. The molecule has 0 aliphatic carbocycles. The summed E-state index contributed by atoms with van der Waals surface area (Å²) in [7, 11) is 0. The molecule has 5 heteroatoms. The highest BCUT2D eigenvalue weighted by Gasteiger charge is 2.32. The van der Waals surface area contributed by atoms with Crippen LogP contribution in [0.3, 0.4) is 0 Å².